The maximum atomic E-state index is 11.4. The van der Waals surface area contributed by atoms with Crippen LogP contribution in [0.2, 0.25) is 0 Å². The van der Waals surface area contributed by atoms with Gasteiger partial charge < -0.3 is 14.5 Å². The van der Waals surface area contributed by atoms with Crippen molar-refractivity contribution in [2.75, 3.05) is 40.8 Å². The highest BCUT2D eigenvalue weighted by Gasteiger charge is 2.05. The molecule has 0 aliphatic rings. The molecular formula is C15H23IN2O2. The van der Waals surface area contributed by atoms with Crippen LogP contribution in [0.3, 0.4) is 0 Å². The van der Waals surface area contributed by atoms with E-state index < -0.39 is 0 Å². The fraction of sp³-hybridized carbons (Fsp3) is 0.533. The van der Waals surface area contributed by atoms with Crippen LogP contribution in [0.15, 0.2) is 24.3 Å². The van der Waals surface area contributed by atoms with E-state index in [-0.39, 0.29) is 5.91 Å². The summed E-state index contributed by atoms with van der Waals surface area (Å²) < 4.78 is 6.88. The van der Waals surface area contributed by atoms with Crippen LogP contribution < -0.4 is 4.74 Å². The summed E-state index contributed by atoms with van der Waals surface area (Å²) in [5.74, 6) is 1.09. The van der Waals surface area contributed by atoms with Gasteiger partial charge in [-0.3, -0.25) is 4.79 Å². The van der Waals surface area contributed by atoms with Gasteiger partial charge in [0, 0.05) is 30.6 Å². The van der Waals surface area contributed by atoms with Gasteiger partial charge in [0.25, 0.3) is 0 Å². The van der Waals surface area contributed by atoms with Gasteiger partial charge in [-0.05, 0) is 66.9 Å². The summed E-state index contributed by atoms with van der Waals surface area (Å²) in [7, 11) is 5.64. The monoisotopic (exact) mass is 390 g/mol. The first-order valence-corrected chi connectivity index (χ1v) is 7.84. The van der Waals surface area contributed by atoms with Gasteiger partial charge >= 0.3 is 0 Å². The van der Waals surface area contributed by atoms with Crippen LogP contribution in [0.5, 0.6) is 5.75 Å². The van der Waals surface area contributed by atoms with Crippen LogP contribution in [0, 0.1) is 3.57 Å². The molecule has 0 atom stereocenters. The average Bonchev–Trinajstić information content (AvgIpc) is 2.40. The minimum atomic E-state index is 0.188. The maximum Gasteiger partial charge on any atom is 0.222 e. The Morgan fingerprint density at radius 3 is 2.40 bits per heavy atom. The van der Waals surface area contributed by atoms with Gasteiger partial charge in [-0.25, -0.2) is 0 Å². The predicted octanol–water partition coefficient (Wildman–Crippen LogP) is 2.47. The number of rotatable bonds is 8. The van der Waals surface area contributed by atoms with E-state index in [1.165, 1.54) is 3.57 Å². The molecule has 0 fully saturated rings. The lowest BCUT2D eigenvalue weighted by Crippen LogP contribution is -2.27. The van der Waals surface area contributed by atoms with Crippen molar-refractivity contribution in [3.05, 3.63) is 27.8 Å². The SMILES string of the molecule is CN(CCCC(=O)N(C)C)CCOc1ccc(I)cc1. The molecule has 0 radical (unpaired) electrons. The van der Waals surface area contributed by atoms with Crippen LogP contribution in [0.4, 0.5) is 0 Å². The molecule has 1 aromatic rings. The zero-order chi connectivity index (χ0) is 15.0. The van der Waals surface area contributed by atoms with Gasteiger partial charge in [-0.15, -0.1) is 0 Å². The fourth-order valence-electron chi connectivity index (χ4n) is 1.69. The molecule has 1 aromatic carbocycles. The quantitative estimate of drug-likeness (QED) is 0.640. The molecule has 1 amide bonds. The summed E-state index contributed by atoms with van der Waals surface area (Å²) >= 11 is 2.27. The van der Waals surface area contributed by atoms with Crippen molar-refractivity contribution in [1.82, 2.24) is 9.80 Å². The van der Waals surface area contributed by atoms with Crippen molar-refractivity contribution >= 4 is 28.5 Å². The first-order chi connectivity index (χ1) is 9.49. The number of ether oxygens (including phenoxy) is 1. The van der Waals surface area contributed by atoms with Gasteiger partial charge in [0.15, 0.2) is 0 Å². The van der Waals surface area contributed by atoms with Crippen molar-refractivity contribution in [2.24, 2.45) is 0 Å². The third kappa shape index (κ3) is 7.09. The molecule has 0 unspecified atom stereocenters. The van der Waals surface area contributed by atoms with E-state index in [1.807, 2.05) is 24.3 Å². The Kier molecular flexibility index (Phi) is 7.91. The number of nitrogens with zero attached hydrogens (tertiary/aromatic N) is 2. The van der Waals surface area contributed by atoms with Crippen LogP contribution in [-0.4, -0.2) is 56.5 Å². The molecule has 5 heteroatoms. The lowest BCUT2D eigenvalue weighted by Gasteiger charge is -2.17. The highest BCUT2D eigenvalue weighted by atomic mass is 127. The minimum absolute atomic E-state index is 0.188. The first-order valence-electron chi connectivity index (χ1n) is 6.76. The lowest BCUT2D eigenvalue weighted by atomic mass is 10.2. The summed E-state index contributed by atoms with van der Waals surface area (Å²) in [5, 5.41) is 0. The number of benzene rings is 1. The van der Waals surface area contributed by atoms with Gasteiger partial charge in [0.2, 0.25) is 5.91 Å². The molecule has 0 saturated carbocycles. The number of hydrogen-bond acceptors (Lipinski definition) is 3. The van der Waals surface area contributed by atoms with Crippen molar-refractivity contribution in [3.63, 3.8) is 0 Å². The van der Waals surface area contributed by atoms with Crippen LogP contribution >= 0.6 is 22.6 Å². The van der Waals surface area contributed by atoms with E-state index in [0.29, 0.717) is 13.0 Å². The molecule has 0 heterocycles. The maximum absolute atomic E-state index is 11.4. The highest BCUT2D eigenvalue weighted by Crippen LogP contribution is 2.13. The lowest BCUT2D eigenvalue weighted by molar-refractivity contribution is -0.128. The van der Waals surface area contributed by atoms with Crippen LogP contribution in [0.25, 0.3) is 0 Å². The van der Waals surface area contributed by atoms with Gasteiger partial charge in [0.1, 0.15) is 12.4 Å². The zero-order valence-electron chi connectivity index (χ0n) is 12.4. The summed E-state index contributed by atoms with van der Waals surface area (Å²) in [6, 6.07) is 8.04. The molecule has 112 valence electrons. The van der Waals surface area contributed by atoms with Crippen LogP contribution in [0.1, 0.15) is 12.8 Å². The number of carbonyl (C=O) groups excluding carboxylic acids is 1. The molecule has 0 aromatic heterocycles. The van der Waals surface area contributed by atoms with E-state index in [9.17, 15) is 4.79 Å². The summed E-state index contributed by atoms with van der Waals surface area (Å²) in [6.07, 6.45) is 1.49. The second-order valence-electron chi connectivity index (χ2n) is 5.00. The Labute approximate surface area is 135 Å². The van der Waals surface area contributed by atoms with Crippen molar-refractivity contribution in [3.8, 4) is 5.75 Å². The first kappa shape index (κ1) is 17.2. The second kappa shape index (κ2) is 9.18. The summed E-state index contributed by atoms with van der Waals surface area (Å²) in [5.41, 5.74) is 0. The Morgan fingerprint density at radius 1 is 1.15 bits per heavy atom. The average molecular weight is 390 g/mol. The molecule has 0 N–H and O–H groups in total. The zero-order valence-corrected chi connectivity index (χ0v) is 14.6. The molecule has 1 rings (SSSR count). The fourth-order valence-corrected chi connectivity index (χ4v) is 2.05. The third-order valence-corrected chi connectivity index (χ3v) is 3.70. The molecule has 0 aliphatic carbocycles. The topological polar surface area (TPSA) is 32.8 Å². The third-order valence-electron chi connectivity index (χ3n) is 2.98. The van der Waals surface area contributed by atoms with Gasteiger partial charge in [-0.2, -0.15) is 0 Å². The molecule has 0 spiro atoms. The molecular weight excluding hydrogens is 367 g/mol. The number of carbonyl (C=O) groups is 1. The number of hydrogen-bond donors (Lipinski definition) is 0. The van der Waals surface area contributed by atoms with Crippen molar-refractivity contribution in [2.45, 2.75) is 12.8 Å². The van der Waals surface area contributed by atoms with E-state index in [4.69, 9.17) is 4.74 Å². The van der Waals surface area contributed by atoms with Gasteiger partial charge in [-0.1, -0.05) is 0 Å². The summed E-state index contributed by atoms with van der Waals surface area (Å²) in [6.45, 7) is 2.44. The predicted molar refractivity (Wildman–Crippen MR) is 90.1 cm³/mol. The smallest absolute Gasteiger partial charge is 0.222 e. The number of halogens is 1. The van der Waals surface area contributed by atoms with E-state index in [2.05, 4.69) is 34.5 Å². The molecule has 0 aliphatic heterocycles. The Morgan fingerprint density at radius 2 is 1.80 bits per heavy atom. The Bertz CT molecular complexity index is 407. The summed E-state index contributed by atoms with van der Waals surface area (Å²) in [4.78, 5) is 15.3. The van der Waals surface area contributed by atoms with E-state index >= 15 is 0 Å². The Balaban J connectivity index is 2.12. The molecule has 0 bridgehead atoms. The minimum Gasteiger partial charge on any atom is -0.492 e. The van der Waals surface area contributed by atoms with Crippen molar-refractivity contribution < 1.29 is 9.53 Å². The second-order valence-corrected chi connectivity index (χ2v) is 6.24. The van der Waals surface area contributed by atoms with Gasteiger partial charge in [0.05, 0.1) is 0 Å². The highest BCUT2D eigenvalue weighted by molar-refractivity contribution is 14.1. The number of likely N-dealkylation sites (N-methyl/N-ethyl adjacent to an activating group) is 1. The normalized spacial score (nSPS) is 10.7. The largest absolute Gasteiger partial charge is 0.492 e. The molecule has 20 heavy (non-hydrogen) atoms. The van der Waals surface area contributed by atoms with Crippen molar-refractivity contribution in [1.29, 1.82) is 0 Å². The Hall–Kier alpha value is -0.820. The standard InChI is InChI=1S/C15H23IN2O2/c1-17(2)15(19)5-4-10-18(3)11-12-20-14-8-6-13(16)7-9-14/h6-9H,4-5,10-12H2,1-3H3. The molecule has 0 saturated heterocycles. The van der Waals surface area contributed by atoms with E-state index in [1.54, 1.807) is 19.0 Å². The molecule has 4 nitrogen and oxygen atoms in total. The van der Waals surface area contributed by atoms with E-state index in [0.717, 1.165) is 25.3 Å². The number of amides is 1. The van der Waals surface area contributed by atoms with Crippen LogP contribution in [-0.2, 0) is 4.79 Å².